The number of hydrogen-bond acceptors (Lipinski definition) is 2. The van der Waals surface area contributed by atoms with Crippen molar-refractivity contribution in [2.75, 3.05) is 20.6 Å². The van der Waals surface area contributed by atoms with Gasteiger partial charge in [-0.2, -0.15) is 5.26 Å². The van der Waals surface area contributed by atoms with Crippen LogP contribution < -0.4 is 0 Å². The Morgan fingerprint density at radius 1 is 1.24 bits per heavy atom. The van der Waals surface area contributed by atoms with E-state index in [9.17, 15) is 5.26 Å². The van der Waals surface area contributed by atoms with Gasteiger partial charge in [-0.25, -0.2) is 0 Å². The molecule has 2 heteroatoms. The fourth-order valence-corrected chi connectivity index (χ4v) is 2.56. The van der Waals surface area contributed by atoms with Crippen molar-refractivity contribution in [3.8, 4) is 6.07 Å². The standard InChI is InChI=1S/C15H20N2/c1-17(2)11-15(10-16)14-8-7-12-5-3-4-6-13(12)9-14/h7-9,15H,3-6,11H2,1-2H3. The van der Waals surface area contributed by atoms with Crippen molar-refractivity contribution in [2.45, 2.75) is 31.6 Å². The Labute approximate surface area is 104 Å². The Balaban J connectivity index is 2.23. The van der Waals surface area contributed by atoms with Gasteiger partial charge in [0.1, 0.15) is 0 Å². The Kier molecular flexibility index (Phi) is 3.81. The van der Waals surface area contributed by atoms with E-state index >= 15 is 0 Å². The van der Waals surface area contributed by atoms with Gasteiger partial charge in [0.25, 0.3) is 0 Å². The highest BCUT2D eigenvalue weighted by atomic mass is 15.1. The molecule has 0 fully saturated rings. The Hall–Kier alpha value is -1.33. The van der Waals surface area contributed by atoms with Crippen molar-refractivity contribution in [1.29, 1.82) is 5.26 Å². The average molecular weight is 228 g/mol. The predicted octanol–water partition coefficient (Wildman–Crippen LogP) is 2.73. The topological polar surface area (TPSA) is 27.0 Å². The van der Waals surface area contributed by atoms with E-state index in [1.807, 2.05) is 14.1 Å². The Morgan fingerprint density at radius 2 is 1.94 bits per heavy atom. The van der Waals surface area contributed by atoms with Crippen LogP contribution in [-0.4, -0.2) is 25.5 Å². The highest BCUT2D eigenvalue weighted by Gasteiger charge is 2.15. The molecule has 0 aliphatic heterocycles. The molecule has 0 saturated heterocycles. The number of benzene rings is 1. The number of fused-ring (bicyclic) bond motifs is 1. The number of aryl methyl sites for hydroxylation is 2. The van der Waals surface area contributed by atoms with Gasteiger partial charge in [0.2, 0.25) is 0 Å². The molecule has 1 aliphatic rings. The third-order valence-corrected chi connectivity index (χ3v) is 3.48. The lowest BCUT2D eigenvalue weighted by Gasteiger charge is -2.20. The van der Waals surface area contributed by atoms with E-state index in [-0.39, 0.29) is 5.92 Å². The van der Waals surface area contributed by atoms with Crippen LogP contribution in [0.5, 0.6) is 0 Å². The first-order chi connectivity index (χ1) is 8.20. The molecular weight excluding hydrogens is 208 g/mol. The van der Waals surface area contributed by atoms with Crippen LogP contribution in [0.1, 0.15) is 35.4 Å². The highest BCUT2D eigenvalue weighted by Crippen LogP contribution is 2.25. The molecule has 90 valence electrons. The van der Waals surface area contributed by atoms with Gasteiger partial charge in [-0.15, -0.1) is 0 Å². The van der Waals surface area contributed by atoms with Crippen LogP contribution >= 0.6 is 0 Å². The van der Waals surface area contributed by atoms with Crippen LogP contribution in [0.25, 0.3) is 0 Å². The molecule has 0 spiro atoms. The zero-order valence-corrected chi connectivity index (χ0v) is 10.7. The summed E-state index contributed by atoms with van der Waals surface area (Å²) in [6.07, 6.45) is 5.00. The van der Waals surface area contributed by atoms with Crippen LogP contribution in [0, 0.1) is 11.3 Å². The molecule has 1 aromatic rings. The molecule has 0 bridgehead atoms. The molecule has 0 radical (unpaired) electrons. The molecule has 2 nitrogen and oxygen atoms in total. The summed E-state index contributed by atoms with van der Waals surface area (Å²) >= 11 is 0. The monoisotopic (exact) mass is 228 g/mol. The van der Waals surface area contributed by atoms with E-state index in [1.165, 1.54) is 42.4 Å². The van der Waals surface area contributed by atoms with Crippen LogP contribution in [0.2, 0.25) is 0 Å². The van der Waals surface area contributed by atoms with Crippen molar-refractivity contribution >= 4 is 0 Å². The summed E-state index contributed by atoms with van der Waals surface area (Å²) in [5.41, 5.74) is 4.14. The minimum atomic E-state index is -0.00257. The van der Waals surface area contributed by atoms with Crippen molar-refractivity contribution < 1.29 is 0 Å². The number of hydrogen-bond donors (Lipinski definition) is 0. The van der Waals surface area contributed by atoms with Gasteiger partial charge in [0.15, 0.2) is 0 Å². The van der Waals surface area contributed by atoms with Crippen molar-refractivity contribution in [3.05, 3.63) is 34.9 Å². The van der Waals surface area contributed by atoms with Gasteiger partial charge in [0, 0.05) is 6.54 Å². The van der Waals surface area contributed by atoms with E-state index in [2.05, 4.69) is 29.2 Å². The summed E-state index contributed by atoms with van der Waals surface area (Å²) in [4.78, 5) is 2.08. The molecule has 0 heterocycles. The third-order valence-electron chi connectivity index (χ3n) is 3.48. The summed E-state index contributed by atoms with van der Waals surface area (Å²) < 4.78 is 0. The molecule has 0 N–H and O–H groups in total. The van der Waals surface area contributed by atoms with Crippen LogP contribution in [-0.2, 0) is 12.8 Å². The predicted molar refractivity (Wildman–Crippen MR) is 70.0 cm³/mol. The molecule has 0 aromatic heterocycles. The van der Waals surface area contributed by atoms with Gasteiger partial charge < -0.3 is 4.90 Å². The summed E-state index contributed by atoms with van der Waals surface area (Å²) in [5, 5.41) is 9.26. The van der Waals surface area contributed by atoms with Gasteiger partial charge >= 0.3 is 0 Å². The third kappa shape index (κ3) is 2.87. The fourth-order valence-electron chi connectivity index (χ4n) is 2.56. The molecule has 1 atom stereocenters. The number of nitrogens with zero attached hydrogens (tertiary/aromatic N) is 2. The maximum atomic E-state index is 9.26. The summed E-state index contributed by atoms with van der Waals surface area (Å²) in [6, 6.07) is 9.04. The quantitative estimate of drug-likeness (QED) is 0.795. The van der Waals surface area contributed by atoms with Gasteiger partial charge in [0.05, 0.1) is 12.0 Å². The number of rotatable bonds is 3. The fraction of sp³-hybridized carbons (Fsp3) is 0.533. The first kappa shape index (κ1) is 12.1. The van der Waals surface area contributed by atoms with Crippen LogP contribution in [0.4, 0.5) is 0 Å². The highest BCUT2D eigenvalue weighted by molar-refractivity contribution is 5.37. The molecule has 0 saturated carbocycles. The van der Waals surface area contributed by atoms with E-state index in [0.29, 0.717) is 0 Å². The first-order valence-corrected chi connectivity index (χ1v) is 6.37. The molecule has 1 unspecified atom stereocenters. The minimum Gasteiger partial charge on any atom is -0.308 e. The maximum absolute atomic E-state index is 9.26. The molecule has 1 aliphatic carbocycles. The minimum absolute atomic E-state index is 0.00257. The Bertz CT molecular complexity index is 429. The molecular formula is C15H20N2. The van der Waals surface area contributed by atoms with Gasteiger partial charge in [-0.05, 0) is 56.5 Å². The normalized spacial score (nSPS) is 16.4. The second-order valence-electron chi connectivity index (χ2n) is 5.18. The molecule has 0 amide bonds. The summed E-state index contributed by atoms with van der Waals surface area (Å²) in [6.45, 7) is 0.801. The summed E-state index contributed by atoms with van der Waals surface area (Å²) in [7, 11) is 4.03. The molecule has 17 heavy (non-hydrogen) atoms. The lowest BCUT2D eigenvalue weighted by Crippen LogP contribution is -2.19. The zero-order valence-electron chi connectivity index (χ0n) is 10.7. The SMILES string of the molecule is CN(C)CC(C#N)c1ccc2c(c1)CCCC2. The Morgan fingerprint density at radius 3 is 2.59 bits per heavy atom. The van der Waals surface area contributed by atoms with E-state index in [1.54, 1.807) is 0 Å². The molecule has 1 aromatic carbocycles. The van der Waals surface area contributed by atoms with E-state index in [0.717, 1.165) is 6.54 Å². The van der Waals surface area contributed by atoms with Gasteiger partial charge in [-0.1, -0.05) is 18.2 Å². The van der Waals surface area contributed by atoms with Crippen molar-refractivity contribution in [1.82, 2.24) is 4.90 Å². The van der Waals surface area contributed by atoms with Crippen LogP contribution in [0.3, 0.4) is 0 Å². The maximum Gasteiger partial charge on any atom is 0.0839 e. The largest absolute Gasteiger partial charge is 0.308 e. The smallest absolute Gasteiger partial charge is 0.0839 e. The average Bonchev–Trinajstić information content (AvgIpc) is 2.35. The van der Waals surface area contributed by atoms with Crippen molar-refractivity contribution in [3.63, 3.8) is 0 Å². The second-order valence-corrected chi connectivity index (χ2v) is 5.18. The zero-order chi connectivity index (χ0) is 12.3. The van der Waals surface area contributed by atoms with E-state index < -0.39 is 0 Å². The lowest BCUT2D eigenvalue weighted by atomic mass is 9.88. The lowest BCUT2D eigenvalue weighted by molar-refractivity contribution is 0.398. The number of nitriles is 1. The van der Waals surface area contributed by atoms with Crippen molar-refractivity contribution in [2.24, 2.45) is 0 Å². The van der Waals surface area contributed by atoms with Crippen LogP contribution in [0.15, 0.2) is 18.2 Å². The second kappa shape index (κ2) is 5.33. The number of likely N-dealkylation sites (N-methyl/N-ethyl adjacent to an activating group) is 1. The first-order valence-electron chi connectivity index (χ1n) is 6.37. The molecule has 2 rings (SSSR count). The summed E-state index contributed by atoms with van der Waals surface area (Å²) in [5.74, 6) is -0.00257. The van der Waals surface area contributed by atoms with E-state index in [4.69, 9.17) is 0 Å². The van der Waals surface area contributed by atoms with Gasteiger partial charge in [-0.3, -0.25) is 0 Å².